The Morgan fingerprint density at radius 2 is 1.00 bits per heavy atom. The van der Waals surface area contributed by atoms with Crippen molar-refractivity contribution in [1.29, 1.82) is 0 Å². The Morgan fingerprint density at radius 1 is 0.585 bits per heavy atom. The molecule has 0 amide bonds. The highest BCUT2D eigenvalue weighted by Crippen LogP contribution is 2.34. The predicted molar refractivity (Wildman–Crippen MR) is 160 cm³/mol. The topological polar surface area (TPSA) is 65.5 Å². The number of methoxy groups -OCH3 is 1. The molecular formula is C36H31NO4. The van der Waals surface area contributed by atoms with Crippen LogP contribution in [0.5, 0.6) is 17.2 Å². The van der Waals surface area contributed by atoms with Crippen LogP contribution in [0.25, 0.3) is 0 Å². The van der Waals surface area contributed by atoms with E-state index >= 15 is 0 Å². The second-order valence-electron chi connectivity index (χ2n) is 10.4. The van der Waals surface area contributed by atoms with E-state index in [1.165, 1.54) is 5.56 Å². The molecule has 204 valence electrons. The minimum atomic E-state index is -0.264. The maximum absolute atomic E-state index is 13.1. The van der Waals surface area contributed by atoms with Gasteiger partial charge in [0, 0.05) is 16.5 Å². The molecule has 1 heterocycles. The Kier molecular flexibility index (Phi) is 7.79. The molecule has 0 saturated carbocycles. The number of hydrogen-bond donors (Lipinski definition) is 0. The third kappa shape index (κ3) is 6.10. The SMILES string of the molecule is COc1ccc(C(C)(C)c2ccc(Oc3ccc(C(=O)c4cccc(C(=O)c5ccc(C)cc5)n4)cc3)cc2)cc1. The number of ketones is 2. The fraction of sp³-hybridized carbons (Fsp3) is 0.139. The van der Waals surface area contributed by atoms with Crippen LogP contribution >= 0.6 is 0 Å². The summed E-state index contributed by atoms with van der Waals surface area (Å²) in [5.74, 6) is 1.66. The van der Waals surface area contributed by atoms with Crippen LogP contribution in [0.2, 0.25) is 0 Å². The van der Waals surface area contributed by atoms with Crippen molar-refractivity contribution in [3.05, 3.63) is 154 Å². The molecule has 4 aromatic carbocycles. The van der Waals surface area contributed by atoms with E-state index in [0.29, 0.717) is 22.6 Å². The number of hydrogen-bond acceptors (Lipinski definition) is 5. The summed E-state index contributed by atoms with van der Waals surface area (Å²) in [5, 5.41) is 0. The van der Waals surface area contributed by atoms with Crippen molar-refractivity contribution >= 4 is 11.6 Å². The Labute approximate surface area is 240 Å². The van der Waals surface area contributed by atoms with Gasteiger partial charge >= 0.3 is 0 Å². The summed E-state index contributed by atoms with van der Waals surface area (Å²) in [7, 11) is 1.66. The largest absolute Gasteiger partial charge is 0.497 e. The van der Waals surface area contributed by atoms with Crippen LogP contribution in [0.1, 0.15) is 62.6 Å². The maximum Gasteiger partial charge on any atom is 0.211 e. The average Bonchev–Trinajstić information content (AvgIpc) is 3.01. The van der Waals surface area contributed by atoms with E-state index in [4.69, 9.17) is 9.47 Å². The molecule has 0 unspecified atom stereocenters. The molecule has 0 saturated heterocycles. The summed E-state index contributed by atoms with van der Waals surface area (Å²) < 4.78 is 11.3. The van der Waals surface area contributed by atoms with Crippen molar-refractivity contribution in [2.45, 2.75) is 26.2 Å². The highest BCUT2D eigenvalue weighted by molar-refractivity contribution is 6.10. The molecule has 0 fully saturated rings. The van der Waals surface area contributed by atoms with Gasteiger partial charge in [-0.15, -0.1) is 0 Å². The van der Waals surface area contributed by atoms with Gasteiger partial charge in [-0.05, 0) is 78.7 Å². The number of nitrogens with zero attached hydrogens (tertiary/aromatic N) is 1. The molecule has 5 rings (SSSR count). The quantitative estimate of drug-likeness (QED) is 0.177. The standard InChI is InChI=1S/C36H31NO4/c1-24-8-10-25(11-9-24)34(38)32-6-5-7-33(37-32)35(39)26-12-18-30(19-13-26)41-31-22-16-28(17-23-31)36(2,3)27-14-20-29(40-4)21-15-27/h5-23H,1-4H3. The molecule has 5 heteroatoms. The second-order valence-corrected chi connectivity index (χ2v) is 10.4. The van der Waals surface area contributed by atoms with E-state index in [1.807, 2.05) is 43.3 Å². The monoisotopic (exact) mass is 541 g/mol. The molecule has 0 bridgehead atoms. The van der Waals surface area contributed by atoms with Gasteiger partial charge in [0.05, 0.1) is 7.11 Å². The zero-order valence-corrected chi connectivity index (χ0v) is 23.5. The normalized spacial score (nSPS) is 11.1. The van der Waals surface area contributed by atoms with Crippen molar-refractivity contribution in [3.63, 3.8) is 0 Å². The zero-order chi connectivity index (χ0) is 29.0. The van der Waals surface area contributed by atoms with Crippen molar-refractivity contribution in [3.8, 4) is 17.2 Å². The number of ether oxygens (including phenoxy) is 2. The number of benzene rings is 4. The van der Waals surface area contributed by atoms with E-state index < -0.39 is 0 Å². The second kappa shape index (κ2) is 11.6. The van der Waals surface area contributed by atoms with Crippen molar-refractivity contribution in [1.82, 2.24) is 4.98 Å². The van der Waals surface area contributed by atoms with Crippen LogP contribution in [-0.4, -0.2) is 23.7 Å². The van der Waals surface area contributed by atoms with Crippen LogP contribution < -0.4 is 9.47 Å². The smallest absolute Gasteiger partial charge is 0.211 e. The van der Waals surface area contributed by atoms with E-state index in [-0.39, 0.29) is 28.4 Å². The molecular weight excluding hydrogens is 510 g/mol. The highest BCUT2D eigenvalue weighted by atomic mass is 16.5. The van der Waals surface area contributed by atoms with Gasteiger partial charge in [-0.2, -0.15) is 0 Å². The van der Waals surface area contributed by atoms with Gasteiger partial charge in [0.1, 0.15) is 28.6 Å². The van der Waals surface area contributed by atoms with Crippen molar-refractivity contribution < 1.29 is 19.1 Å². The minimum absolute atomic E-state index is 0.192. The summed E-state index contributed by atoms with van der Waals surface area (Å²) in [4.78, 5) is 30.4. The molecule has 0 radical (unpaired) electrons. The van der Waals surface area contributed by atoms with Crippen LogP contribution in [0, 0.1) is 6.92 Å². The lowest BCUT2D eigenvalue weighted by molar-refractivity contribution is 0.103. The van der Waals surface area contributed by atoms with Gasteiger partial charge in [0.2, 0.25) is 11.6 Å². The lowest BCUT2D eigenvalue weighted by atomic mass is 9.78. The number of aromatic nitrogens is 1. The van der Waals surface area contributed by atoms with Gasteiger partial charge in [0.15, 0.2) is 0 Å². The molecule has 0 spiro atoms. The fourth-order valence-corrected chi connectivity index (χ4v) is 4.61. The van der Waals surface area contributed by atoms with Crippen LogP contribution in [-0.2, 0) is 5.41 Å². The molecule has 41 heavy (non-hydrogen) atoms. The molecule has 5 aromatic rings. The third-order valence-electron chi connectivity index (χ3n) is 7.27. The third-order valence-corrected chi connectivity index (χ3v) is 7.27. The Bertz CT molecular complexity index is 1670. The Hall–Kier alpha value is -5.03. The van der Waals surface area contributed by atoms with Gasteiger partial charge in [-0.3, -0.25) is 9.59 Å². The first-order valence-electron chi connectivity index (χ1n) is 13.4. The molecule has 0 atom stereocenters. The zero-order valence-electron chi connectivity index (χ0n) is 23.5. The number of carbonyl (C=O) groups is 2. The van der Waals surface area contributed by atoms with Crippen LogP contribution in [0.3, 0.4) is 0 Å². The number of aryl methyl sites for hydroxylation is 1. The first kappa shape index (κ1) is 27.5. The van der Waals surface area contributed by atoms with Gasteiger partial charge in [-0.25, -0.2) is 4.98 Å². The van der Waals surface area contributed by atoms with Crippen molar-refractivity contribution in [2.75, 3.05) is 7.11 Å². The highest BCUT2D eigenvalue weighted by Gasteiger charge is 2.23. The molecule has 1 aromatic heterocycles. The van der Waals surface area contributed by atoms with E-state index in [2.05, 4.69) is 43.1 Å². The summed E-state index contributed by atoms with van der Waals surface area (Å²) >= 11 is 0. The molecule has 0 aliphatic carbocycles. The average molecular weight is 542 g/mol. The van der Waals surface area contributed by atoms with Crippen molar-refractivity contribution in [2.24, 2.45) is 0 Å². The summed E-state index contributed by atoms with van der Waals surface area (Å²) in [6, 6.07) is 35.3. The molecule has 0 aliphatic rings. The fourth-order valence-electron chi connectivity index (χ4n) is 4.61. The van der Waals surface area contributed by atoms with Gasteiger partial charge in [-0.1, -0.05) is 74.0 Å². The maximum atomic E-state index is 13.1. The van der Waals surface area contributed by atoms with Crippen LogP contribution in [0.15, 0.2) is 115 Å². The molecule has 5 nitrogen and oxygen atoms in total. The van der Waals surface area contributed by atoms with E-state index in [0.717, 1.165) is 16.9 Å². The summed E-state index contributed by atoms with van der Waals surface area (Å²) in [6.07, 6.45) is 0. The molecule has 0 N–H and O–H groups in total. The number of pyridine rings is 1. The van der Waals surface area contributed by atoms with Gasteiger partial charge in [0.25, 0.3) is 0 Å². The lowest BCUT2D eigenvalue weighted by Crippen LogP contribution is -2.18. The number of rotatable bonds is 9. The minimum Gasteiger partial charge on any atom is -0.497 e. The Balaban J connectivity index is 1.26. The predicted octanol–water partition coefficient (Wildman–Crippen LogP) is 7.98. The summed E-state index contributed by atoms with van der Waals surface area (Å²) in [5.41, 5.74) is 4.66. The van der Waals surface area contributed by atoms with Crippen LogP contribution in [0.4, 0.5) is 0 Å². The first-order chi connectivity index (χ1) is 19.7. The lowest BCUT2D eigenvalue weighted by Gasteiger charge is -2.26. The first-order valence-corrected chi connectivity index (χ1v) is 13.4. The van der Waals surface area contributed by atoms with E-state index in [1.54, 1.807) is 61.7 Å². The Morgan fingerprint density at radius 3 is 1.46 bits per heavy atom. The molecule has 0 aliphatic heterocycles. The number of carbonyl (C=O) groups excluding carboxylic acids is 2. The van der Waals surface area contributed by atoms with Gasteiger partial charge < -0.3 is 9.47 Å². The summed E-state index contributed by atoms with van der Waals surface area (Å²) in [6.45, 7) is 6.33. The van der Waals surface area contributed by atoms with E-state index in [9.17, 15) is 9.59 Å².